The van der Waals surface area contributed by atoms with Crippen molar-refractivity contribution >= 4 is 17.9 Å². The van der Waals surface area contributed by atoms with Gasteiger partial charge in [0.25, 0.3) is 0 Å². The first kappa shape index (κ1) is 30.2. The van der Waals surface area contributed by atoms with Crippen LogP contribution in [0.25, 0.3) is 0 Å². The van der Waals surface area contributed by atoms with Crippen molar-refractivity contribution in [1.82, 2.24) is 0 Å². The molecule has 0 radical (unpaired) electrons. The number of carboxylic acids is 3. The van der Waals surface area contributed by atoms with E-state index in [0.29, 0.717) is 13.0 Å². The second-order valence-corrected chi connectivity index (χ2v) is 4.07. The predicted molar refractivity (Wildman–Crippen MR) is 65.7 cm³/mol. The average molecular weight is 337 g/mol. The van der Waals surface area contributed by atoms with Crippen molar-refractivity contribution in [3.8, 4) is 0 Å². The zero-order valence-corrected chi connectivity index (χ0v) is 17.1. The smallest absolute Gasteiger partial charge is 0.550 e. The van der Waals surface area contributed by atoms with Gasteiger partial charge in [0.1, 0.15) is 6.04 Å². The Kier molecular flexibility index (Phi) is 26.5. The van der Waals surface area contributed by atoms with Crippen LogP contribution in [-0.2, 0) is 14.4 Å². The first-order chi connectivity index (χ1) is 9.22. The number of carboxylic acid groups (broad SMARTS) is 3. The monoisotopic (exact) mass is 337 g/mol. The molecule has 118 valence electrons. The van der Waals surface area contributed by atoms with Crippen molar-refractivity contribution in [1.29, 1.82) is 0 Å². The topological polar surface area (TPSA) is 196 Å². The Balaban J connectivity index is -0.000000135. The molecule has 0 aromatic rings. The summed E-state index contributed by atoms with van der Waals surface area (Å²) in [5, 5.41) is 27.9. The summed E-state index contributed by atoms with van der Waals surface area (Å²) < 4.78 is 0. The van der Waals surface area contributed by atoms with Gasteiger partial charge in [-0.1, -0.05) is 6.42 Å². The molecule has 0 fully saturated rings. The van der Waals surface area contributed by atoms with Crippen LogP contribution in [-0.4, -0.2) is 41.6 Å². The first-order valence-corrected chi connectivity index (χ1v) is 6.07. The van der Waals surface area contributed by atoms with Crippen molar-refractivity contribution in [3.63, 3.8) is 0 Å². The van der Waals surface area contributed by atoms with E-state index >= 15 is 0 Å². The molecule has 0 amide bonds. The zero-order chi connectivity index (χ0) is 16.1. The Hall–Kier alpha value is 0.290. The van der Waals surface area contributed by atoms with Gasteiger partial charge in [0.2, 0.25) is 0 Å². The van der Waals surface area contributed by atoms with Gasteiger partial charge in [-0.05, 0) is 32.2 Å². The molecule has 11 heteroatoms. The van der Waals surface area contributed by atoms with Crippen LogP contribution in [0, 0.1) is 0 Å². The van der Waals surface area contributed by atoms with Crippen LogP contribution in [0.5, 0.6) is 0 Å². The van der Waals surface area contributed by atoms with Crippen molar-refractivity contribution in [3.05, 3.63) is 0 Å². The Morgan fingerprint density at radius 3 is 1.77 bits per heavy atom. The van der Waals surface area contributed by atoms with Crippen LogP contribution in [0.4, 0.5) is 0 Å². The number of unbranched alkanes of at least 4 members (excludes halogenated alkanes) is 1. The van der Waals surface area contributed by atoms with Crippen molar-refractivity contribution in [2.75, 3.05) is 6.54 Å². The molecule has 0 aliphatic heterocycles. The molecule has 0 spiro atoms. The molecule has 22 heavy (non-hydrogen) atoms. The van der Waals surface area contributed by atoms with Crippen molar-refractivity contribution < 1.29 is 88.8 Å². The second-order valence-electron chi connectivity index (χ2n) is 4.07. The van der Waals surface area contributed by atoms with E-state index in [2.05, 4.69) is 0 Å². The van der Waals surface area contributed by atoms with Crippen LogP contribution in [0.3, 0.4) is 0 Å². The van der Waals surface area contributed by atoms with Gasteiger partial charge < -0.3 is 42.1 Å². The van der Waals surface area contributed by atoms with Crippen LogP contribution in [0.2, 0.25) is 0 Å². The van der Waals surface area contributed by atoms with Crippen molar-refractivity contribution in [2.24, 2.45) is 17.2 Å². The van der Waals surface area contributed by atoms with E-state index in [0.717, 1.165) is 12.8 Å². The van der Waals surface area contributed by atoms with Gasteiger partial charge in [-0.15, -0.1) is 0 Å². The van der Waals surface area contributed by atoms with Gasteiger partial charge in [-0.25, -0.2) is 0 Å². The third-order valence-corrected chi connectivity index (χ3v) is 2.25. The Labute approximate surface area is 173 Å². The summed E-state index contributed by atoms with van der Waals surface area (Å²) in [7, 11) is 0. The molecule has 0 aliphatic carbocycles. The molecular weight excluding hydrogens is 316 g/mol. The molecular formula is C11H21N3Na2O6. The van der Waals surface area contributed by atoms with Crippen LogP contribution in [0.1, 0.15) is 32.1 Å². The van der Waals surface area contributed by atoms with Gasteiger partial charge in [-0.3, -0.25) is 4.79 Å². The molecule has 2 unspecified atom stereocenters. The molecule has 7 N–H and O–H groups in total. The molecule has 9 nitrogen and oxygen atoms in total. The number of aliphatic carboxylic acids is 3. The molecule has 0 saturated carbocycles. The maximum atomic E-state index is 10.1. The third kappa shape index (κ3) is 22.6. The summed E-state index contributed by atoms with van der Waals surface area (Å²) in [4.78, 5) is 29.7. The third-order valence-electron chi connectivity index (χ3n) is 2.25. The summed E-state index contributed by atoms with van der Waals surface area (Å²) in [5.41, 5.74) is 15.3. The molecule has 0 rings (SSSR count). The molecule has 0 heterocycles. The van der Waals surface area contributed by atoms with Crippen LogP contribution in [0.15, 0.2) is 0 Å². The molecule has 0 saturated heterocycles. The van der Waals surface area contributed by atoms with Gasteiger partial charge in [0.15, 0.2) is 0 Å². The SMILES string of the molecule is NC(CCC(=O)[O-])C(=O)[O-].NCCCCC(N)C(=O)O.[Na+].[Na+]. The average Bonchev–Trinajstić information content (AvgIpc) is 2.36. The molecule has 0 aliphatic rings. The van der Waals surface area contributed by atoms with Crippen LogP contribution < -0.4 is 86.5 Å². The van der Waals surface area contributed by atoms with E-state index in [1.165, 1.54) is 0 Å². The predicted octanol–water partition coefficient (Wildman–Crippen LogP) is -9.87. The number of nitrogens with two attached hydrogens (primary N) is 3. The molecule has 0 aromatic carbocycles. The number of carbonyl (C=O) groups excluding carboxylic acids is 2. The van der Waals surface area contributed by atoms with Gasteiger partial charge in [0.05, 0.1) is 5.97 Å². The van der Waals surface area contributed by atoms with Gasteiger partial charge in [0, 0.05) is 12.0 Å². The fourth-order valence-electron chi connectivity index (χ4n) is 1.02. The minimum atomic E-state index is -1.44. The first-order valence-electron chi connectivity index (χ1n) is 6.07. The molecule has 0 aromatic heterocycles. The van der Waals surface area contributed by atoms with Gasteiger partial charge in [-0.2, -0.15) is 0 Å². The van der Waals surface area contributed by atoms with Crippen LogP contribution >= 0.6 is 0 Å². The number of rotatable bonds is 9. The minimum Gasteiger partial charge on any atom is -0.550 e. The van der Waals surface area contributed by atoms with Crippen molar-refractivity contribution in [2.45, 2.75) is 44.2 Å². The Morgan fingerprint density at radius 1 is 0.955 bits per heavy atom. The van der Waals surface area contributed by atoms with E-state index in [1.54, 1.807) is 0 Å². The van der Waals surface area contributed by atoms with E-state index in [-0.39, 0.29) is 72.0 Å². The molecule has 2 atom stereocenters. The normalized spacial score (nSPS) is 11.6. The standard InChI is InChI=1S/C6H14N2O2.C5H9NO4.2Na/c7-4-2-1-3-5(8)6(9)10;6-3(5(9)10)1-2-4(7)8;;/h5H,1-4,7-8H2,(H,9,10);3H,1-2,6H2,(H,7,8)(H,9,10);;/q;;2*+1/p-2. The summed E-state index contributed by atoms with van der Waals surface area (Å²) in [6, 6.07) is -1.93. The summed E-state index contributed by atoms with van der Waals surface area (Å²) in [6.07, 6.45) is 1.66. The fraction of sp³-hybridized carbons (Fsp3) is 0.727. The second kappa shape index (κ2) is 19.3. The van der Waals surface area contributed by atoms with E-state index < -0.39 is 30.0 Å². The number of hydrogen-bond acceptors (Lipinski definition) is 8. The summed E-state index contributed by atoms with van der Waals surface area (Å²) in [6.45, 7) is 0.604. The summed E-state index contributed by atoms with van der Waals surface area (Å²) in [5.74, 6) is -3.69. The number of hydrogen-bond donors (Lipinski definition) is 4. The van der Waals surface area contributed by atoms with E-state index in [4.69, 9.17) is 22.3 Å². The summed E-state index contributed by atoms with van der Waals surface area (Å²) >= 11 is 0. The maximum absolute atomic E-state index is 10.1. The number of carbonyl (C=O) groups is 3. The largest absolute Gasteiger partial charge is 1.00 e. The van der Waals surface area contributed by atoms with Gasteiger partial charge >= 0.3 is 65.1 Å². The zero-order valence-electron chi connectivity index (χ0n) is 13.1. The Bertz CT molecular complexity index is 320. The van der Waals surface area contributed by atoms with E-state index in [9.17, 15) is 24.6 Å². The van der Waals surface area contributed by atoms with E-state index in [1.807, 2.05) is 0 Å². The fourth-order valence-corrected chi connectivity index (χ4v) is 1.02. The maximum Gasteiger partial charge on any atom is 1.00 e. The Morgan fingerprint density at radius 2 is 1.45 bits per heavy atom. The minimum absolute atomic E-state index is 0. The quantitative estimate of drug-likeness (QED) is 0.233. The molecule has 0 bridgehead atoms.